The maximum atomic E-state index is 2.67. The van der Waals surface area contributed by atoms with Gasteiger partial charge in [0.2, 0.25) is 0 Å². The van der Waals surface area contributed by atoms with E-state index in [2.05, 4.69) is 146 Å². The van der Waals surface area contributed by atoms with Gasteiger partial charge >= 0.3 is 0 Å². The lowest BCUT2D eigenvalue weighted by Gasteiger charge is -2.47. The fourth-order valence-electron chi connectivity index (χ4n) is 8.54. The molecule has 3 heterocycles. The second-order valence-electron chi connectivity index (χ2n) is 16.5. The van der Waals surface area contributed by atoms with Crippen molar-refractivity contribution in [2.75, 3.05) is 4.90 Å². The van der Waals surface area contributed by atoms with E-state index in [9.17, 15) is 0 Å². The monoisotopic (exact) mass is 593 g/mol. The Balaban J connectivity index is 1.51. The van der Waals surface area contributed by atoms with Gasteiger partial charge in [0.1, 0.15) is 0 Å². The van der Waals surface area contributed by atoms with Crippen LogP contribution in [0, 0.1) is 0 Å². The third kappa shape index (κ3) is 3.78. The summed E-state index contributed by atoms with van der Waals surface area (Å²) in [7, 11) is 0. The Bertz CT molecular complexity index is 1990. The number of hydrogen-bond acceptors (Lipinski definition) is 2. The van der Waals surface area contributed by atoms with Gasteiger partial charge in [-0.3, -0.25) is 0 Å². The summed E-state index contributed by atoms with van der Waals surface area (Å²) in [5.41, 5.74) is 14.8. The highest BCUT2D eigenvalue weighted by molar-refractivity contribution is 7.33. The van der Waals surface area contributed by atoms with Gasteiger partial charge in [0.05, 0.1) is 5.69 Å². The summed E-state index contributed by atoms with van der Waals surface area (Å²) in [6.45, 7) is 22.0. The van der Waals surface area contributed by atoms with Gasteiger partial charge in [0, 0.05) is 31.7 Å². The fourth-order valence-corrected chi connectivity index (χ4v) is 9.84. The van der Waals surface area contributed by atoms with Crippen LogP contribution in [0.1, 0.15) is 103 Å². The quantitative estimate of drug-likeness (QED) is 0.172. The molecule has 0 fully saturated rings. The van der Waals surface area contributed by atoms with Gasteiger partial charge in [-0.15, -0.1) is 11.3 Å². The Morgan fingerprint density at radius 1 is 0.705 bits per heavy atom. The highest BCUT2D eigenvalue weighted by Crippen LogP contribution is 2.50. The molecule has 0 radical (unpaired) electrons. The molecule has 0 N–H and O–H groups in total. The molecule has 222 valence electrons. The lowest BCUT2D eigenvalue weighted by atomic mass is 9.32. The Morgan fingerprint density at radius 2 is 1.39 bits per heavy atom. The van der Waals surface area contributed by atoms with Crippen molar-refractivity contribution >= 4 is 60.9 Å². The van der Waals surface area contributed by atoms with Crippen molar-refractivity contribution in [3.05, 3.63) is 107 Å². The molecule has 8 rings (SSSR count). The first-order valence-electron chi connectivity index (χ1n) is 16.4. The molecule has 0 bridgehead atoms. The maximum Gasteiger partial charge on any atom is 0.260 e. The van der Waals surface area contributed by atoms with Crippen molar-refractivity contribution in [1.29, 1.82) is 0 Å². The number of para-hydroxylation sites is 1. The summed E-state index contributed by atoms with van der Waals surface area (Å²) in [6, 6.07) is 30.7. The van der Waals surface area contributed by atoms with Crippen LogP contribution in [0.4, 0.5) is 17.1 Å². The minimum Gasteiger partial charge on any atom is -0.310 e. The molecular weight excluding hydrogens is 549 g/mol. The molecule has 3 heteroatoms. The third-order valence-electron chi connectivity index (χ3n) is 11.3. The Hall–Kier alpha value is -3.30. The number of rotatable bonds is 1. The van der Waals surface area contributed by atoms with Crippen LogP contribution in [-0.2, 0) is 21.7 Å². The molecule has 0 amide bonds. The van der Waals surface area contributed by atoms with E-state index in [0.29, 0.717) is 0 Å². The Morgan fingerprint density at radius 3 is 2.07 bits per heavy atom. The lowest BCUT2D eigenvalue weighted by molar-refractivity contribution is 0.331. The number of thiophene rings is 1. The summed E-state index contributed by atoms with van der Waals surface area (Å²) >= 11 is 2.02. The standard InChI is InChI=1S/C41H44BNS/c1-38(2,3)25-18-19-34-27(22-25)36-37(44-34)42-32-24-30-29(39(4,5)20-21-40(30,6)7)23-31(32)41(8,9)28-16-13-17-33(35(28)42)43(36)26-14-11-10-12-15-26/h10-19,22-24H,20-21H2,1-9H3. The first kappa shape index (κ1) is 28.2. The first-order valence-corrected chi connectivity index (χ1v) is 17.3. The lowest BCUT2D eigenvalue weighted by Crippen LogP contribution is -2.63. The van der Waals surface area contributed by atoms with Gasteiger partial charge in [-0.1, -0.05) is 116 Å². The van der Waals surface area contributed by atoms with E-state index in [1.165, 1.54) is 72.4 Å². The van der Waals surface area contributed by atoms with E-state index in [4.69, 9.17) is 0 Å². The third-order valence-corrected chi connectivity index (χ3v) is 12.6. The first-order chi connectivity index (χ1) is 20.7. The molecule has 0 saturated carbocycles. The molecule has 1 nitrogen and oxygen atoms in total. The number of anilines is 3. The number of benzene rings is 4. The molecule has 1 aliphatic carbocycles. The summed E-state index contributed by atoms with van der Waals surface area (Å²) < 4.78 is 2.86. The summed E-state index contributed by atoms with van der Waals surface area (Å²) in [5.74, 6) is 0. The summed E-state index contributed by atoms with van der Waals surface area (Å²) in [4.78, 5) is 2.59. The molecule has 2 aliphatic heterocycles. The van der Waals surface area contributed by atoms with E-state index in [-0.39, 0.29) is 28.4 Å². The number of nitrogens with zero attached hydrogens (tertiary/aromatic N) is 1. The van der Waals surface area contributed by atoms with Crippen molar-refractivity contribution in [3.8, 4) is 0 Å². The van der Waals surface area contributed by atoms with Gasteiger partial charge in [-0.25, -0.2) is 0 Å². The molecule has 1 aromatic heterocycles. The summed E-state index contributed by atoms with van der Waals surface area (Å²) in [6.07, 6.45) is 2.46. The molecule has 0 atom stereocenters. The SMILES string of the molecule is CC(C)(C)c1ccc2sc3c(c2c1)N(c1ccccc1)c1cccc2c1B3c1cc3c(cc1C2(C)C)C(C)(C)CCC3(C)C. The van der Waals surface area contributed by atoms with Crippen LogP contribution in [0.3, 0.4) is 0 Å². The molecule has 0 unspecified atom stereocenters. The topological polar surface area (TPSA) is 3.24 Å². The Kier molecular flexibility index (Phi) is 5.71. The molecule has 5 aromatic rings. The zero-order valence-corrected chi connectivity index (χ0v) is 28.7. The minimum atomic E-state index is -0.0974. The Labute approximate surface area is 268 Å². The second kappa shape index (κ2) is 8.91. The van der Waals surface area contributed by atoms with Gasteiger partial charge in [0.25, 0.3) is 6.71 Å². The molecule has 3 aliphatic rings. The molecule has 44 heavy (non-hydrogen) atoms. The zero-order valence-electron chi connectivity index (χ0n) is 27.9. The average Bonchev–Trinajstić information content (AvgIpc) is 3.35. The van der Waals surface area contributed by atoms with Crippen molar-refractivity contribution in [2.45, 2.75) is 96.8 Å². The zero-order chi connectivity index (χ0) is 31.0. The van der Waals surface area contributed by atoms with Gasteiger partial charge < -0.3 is 4.90 Å². The maximum absolute atomic E-state index is 2.67. The highest BCUT2D eigenvalue weighted by atomic mass is 32.1. The van der Waals surface area contributed by atoms with Crippen molar-refractivity contribution in [2.24, 2.45) is 0 Å². The van der Waals surface area contributed by atoms with Crippen LogP contribution >= 0.6 is 11.3 Å². The van der Waals surface area contributed by atoms with Crippen LogP contribution in [-0.4, -0.2) is 6.71 Å². The van der Waals surface area contributed by atoms with Crippen molar-refractivity contribution in [3.63, 3.8) is 0 Å². The van der Waals surface area contributed by atoms with Crippen LogP contribution in [0.5, 0.6) is 0 Å². The van der Waals surface area contributed by atoms with Gasteiger partial charge in [-0.2, -0.15) is 0 Å². The van der Waals surface area contributed by atoms with Crippen LogP contribution in [0.25, 0.3) is 10.1 Å². The van der Waals surface area contributed by atoms with E-state index in [1.54, 1.807) is 11.1 Å². The predicted molar refractivity (Wildman–Crippen MR) is 194 cm³/mol. The molecule has 4 aromatic carbocycles. The number of hydrogen-bond donors (Lipinski definition) is 0. The van der Waals surface area contributed by atoms with Crippen LogP contribution in [0.15, 0.2) is 78.9 Å². The van der Waals surface area contributed by atoms with Crippen molar-refractivity contribution < 1.29 is 0 Å². The molecule has 0 spiro atoms. The normalized spacial score (nSPS) is 18.8. The van der Waals surface area contributed by atoms with E-state index in [1.807, 2.05) is 11.3 Å². The predicted octanol–water partition coefficient (Wildman–Crippen LogP) is 9.49. The smallest absolute Gasteiger partial charge is 0.260 e. The van der Waals surface area contributed by atoms with Crippen LogP contribution < -0.4 is 20.6 Å². The van der Waals surface area contributed by atoms with Crippen molar-refractivity contribution in [1.82, 2.24) is 0 Å². The van der Waals surface area contributed by atoms with Crippen LogP contribution in [0.2, 0.25) is 0 Å². The van der Waals surface area contributed by atoms with E-state index in [0.717, 1.165) is 0 Å². The van der Waals surface area contributed by atoms with Gasteiger partial charge in [-0.05, 0) is 92.7 Å². The molecule has 0 saturated heterocycles. The van der Waals surface area contributed by atoms with E-state index >= 15 is 0 Å². The second-order valence-corrected chi connectivity index (χ2v) is 17.6. The van der Waals surface area contributed by atoms with Gasteiger partial charge in [0.15, 0.2) is 0 Å². The minimum absolute atomic E-state index is 0.0826. The summed E-state index contributed by atoms with van der Waals surface area (Å²) in [5, 5.41) is 1.38. The molecular formula is C41H44BNS. The fraction of sp³-hybridized carbons (Fsp3) is 0.366. The highest BCUT2D eigenvalue weighted by Gasteiger charge is 2.49. The number of fused-ring (bicyclic) bond motifs is 7. The average molecular weight is 594 g/mol. The largest absolute Gasteiger partial charge is 0.310 e. The van der Waals surface area contributed by atoms with E-state index < -0.39 is 0 Å².